The maximum atomic E-state index is 14.1. The normalized spacial score (nSPS) is 11.4. The van der Waals surface area contributed by atoms with Crippen LogP contribution in [0, 0.1) is 11.6 Å². The van der Waals surface area contributed by atoms with Gasteiger partial charge in [0.05, 0.1) is 18.1 Å². The predicted octanol–water partition coefficient (Wildman–Crippen LogP) is 4.06. The van der Waals surface area contributed by atoms with Gasteiger partial charge in [0.2, 0.25) is 15.9 Å². The molecule has 0 fully saturated rings. The van der Waals surface area contributed by atoms with E-state index in [1.807, 2.05) is 13.8 Å². The van der Waals surface area contributed by atoms with Gasteiger partial charge in [-0.05, 0) is 44.2 Å². The molecule has 5 rings (SSSR count). The fraction of sp³-hybridized carbons (Fsp3) is 0.143. The number of benzene rings is 2. The number of fused-ring (bicyclic) bond motifs is 1. The number of nitrogen functional groups attached to an aromatic ring is 1. The number of primary sulfonamides is 1. The summed E-state index contributed by atoms with van der Waals surface area (Å²) in [7, 11) is -6.91. The van der Waals surface area contributed by atoms with Crippen molar-refractivity contribution in [1.29, 1.82) is 0 Å². The standard InChI is InChI=1S/C22H21FN6O4S.C6H6FNO2S.ClH/c1-12(2)29-10-14(19-21(24)25-11-26-22(19)29)20(30)13-8-17(27-18(9-13)33-3)28-34(31,32)16-7-5-4-6-15(16)23;7-5-3-1-2-4-6(5)11(8,9)10;/h4-12H,1-3H3,(H,27,28)(H2,24,25,26);1-4H,(H2,8,9,10);1H. The Morgan fingerprint density at radius 3 is 2.07 bits per heavy atom. The molecule has 2 aromatic carbocycles. The molecule has 0 aliphatic heterocycles. The quantitative estimate of drug-likeness (QED) is 0.199. The van der Waals surface area contributed by atoms with E-state index in [1.165, 1.54) is 49.8 Å². The molecule has 18 heteroatoms. The molecule has 0 aliphatic rings. The van der Waals surface area contributed by atoms with Gasteiger partial charge in [-0.15, -0.1) is 12.4 Å². The number of methoxy groups -OCH3 is 1. The fourth-order valence-electron chi connectivity index (χ4n) is 4.15. The van der Waals surface area contributed by atoms with Gasteiger partial charge in [0.25, 0.3) is 10.0 Å². The number of rotatable bonds is 8. The Labute approximate surface area is 269 Å². The molecule has 5 N–H and O–H groups in total. The highest BCUT2D eigenvalue weighted by Gasteiger charge is 2.24. The van der Waals surface area contributed by atoms with Crippen molar-refractivity contribution in [2.75, 3.05) is 17.6 Å². The van der Waals surface area contributed by atoms with Gasteiger partial charge < -0.3 is 15.0 Å². The van der Waals surface area contributed by atoms with E-state index in [1.54, 1.807) is 10.8 Å². The molecule has 0 radical (unpaired) electrons. The van der Waals surface area contributed by atoms with Crippen LogP contribution in [-0.4, -0.2) is 49.2 Å². The lowest BCUT2D eigenvalue weighted by Gasteiger charge is -2.11. The zero-order chi connectivity index (χ0) is 33.1. The van der Waals surface area contributed by atoms with Crippen LogP contribution in [0.2, 0.25) is 0 Å². The molecule has 0 aliphatic carbocycles. The van der Waals surface area contributed by atoms with Crippen molar-refractivity contribution in [2.24, 2.45) is 5.14 Å². The first-order valence-corrected chi connectivity index (χ1v) is 15.9. The van der Waals surface area contributed by atoms with Crippen molar-refractivity contribution in [3.8, 4) is 5.88 Å². The summed E-state index contributed by atoms with van der Waals surface area (Å²) in [5.41, 5.74) is 6.85. The molecule has 0 saturated carbocycles. The lowest BCUT2D eigenvalue weighted by atomic mass is 10.0. The molecule has 0 amide bonds. The van der Waals surface area contributed by atoms with Crippen LogP contribution in [0.25, 0.3) is 11.0 Å². The van der Waals surface area contributed by atoms with Gasteiger partial charge in [0.15, 0.2) is 5.78 Å². The summed E-state index contributed by atoms with van der Waals surface area (Å²) in [5, 5.41) is 5.07. The minimum absolute atomic E-state index is 0. The van der Waals surface area contributed by atoms with E-state index in [9.17, 15) is 30.4 Å². The topological polar surface area (TPSA) is 202 Å². The van der Waals surface area contributed by atoms with Crippen molar-refractivity contribution in [2.45, 2.75) is 29.7 Å². The Morgan fingerprint density at radius 2 is 1.54 bits per heavy atom. The number of hydrogen-bond donors (Lipinski definition) is 3. The van der Waals surface area contributed by atoms with Gasteiger partial charge >= 0.3 is 0 Å². The maximum Gasteiger partial charge on any atom is 0.265 e. The summed E-state index contributed by atoms with van der Waals surface area (Å²) in [5.74, 6) is -2.33. The van der Waals surface area contributed by atoms with E-state index in [0.717, 1.165) is 24.3 Å². The highest BCUT2D eigenvalue weighted by molar-refractivity contribution is 7.92. The molecule has 46 heavy (non-hydrogen) atoms. The van der Waals surface area contributed by atoms with E-state index in [0.29, 0.717) is 11.0 Å². The molecular formula is C28H28ClF2N7O6S2. The maximum absolute atomic E-state index is 14.1. The Kier molecular flexibility index (Phi) is 11.0. The molecule has 3 aromatic heterocycles. The zero-order valence-electron chi connectivity index (χ0n) is 24.4. The summed E-state index contributed by atoms with van der Waals surface area (Å²) < 4.78 is 82.5. The first-order chi connectivity index (χ1) is 21.1. The number of nitrogens with two attached hydrogens (primary N) is 2. The molecule has 13 nitrogen and oxygen atoms in total. The first-order valence-electron chi connectivity index (χ1n) is 12.9. The van der Waals surface area contributed by atoms with Crippen molar-refractivity contribution in [3.05, 3.63) is 95.9 Å². The summed E-state index contributed by atoms with van der Waals surface area (Å²) >= 11 is 0. The largest absolute Gasteiger partial charge is 0.481 e. The monoisotopic (exact) mass is 695 g/mol. The van der Waals surface area contributed by atoms with Gasteiger partial charge in [-0.25, -0.2) is 40.7 Å². The van der Waals surface area contributed by atoms with Crippen LogP contribution in [0.3, 0.4) is 0 Å². The van der Waals surface area contributed by atoms with Crippen LogP contribution in [0.5, 0.6) is 5.88 Å². The number of hydrogen-bond acceptors (Lipinski definition) is 10. The third-order valence-corrected chi connectivity index (χ3v) is 8.55. The van der Waals surface area contributed by atoms with Gasteiger partial charge in [0.1, 0.15) is 45.0 Å². The number of carbonyl (C=O) groups is 1. The average molecular weight is 696 g/mol. The molecule has 0 atom stereocenters. The third kappa shape index (κ3) is 7.74. The Morgan fingerprint density at radius 1 is 0.957 bits per heavy atom. The van der Waals surface area contributed by atoms with Crippen molar-refractivity contribution >= 4 is 60.9 Å². The summed E-state index contributed by atoms with van der Waals surface area (Å²) in [4.78, 5) is 24.8. The number of halogens is 3. The third-order valence-electron chi connectivity index (χ3n) is 6.22. The van der Waals surface area contributed by atoms with Crippen molar-refractivity contribution in [1.82, 2.24) is 19.5 Å². The van der Waals surface area contributed by atoms with Crippen LogP contribution in [-0.2, 0) is 20.0 Å². The Hall–Kier alpha value is -4.71. The predicted molar refractivity (Wildman–Crippen MR) is 169 cm³/mol. The zero-order valence-corrected chi connectivity index (χ0v) is 26.8. The lowest BCUT2D eigenvalue weighted by Crippen LogP contribution is -2.16. The molecular weight excluding hydrogens is 668 g/mol. The van der Waals surface area contributed by atoms with Crippen LogP contribution < -0.4 is 20.3 Å². The van der Waals surface area contributed by atoms with E-state index < -0.39 is 47.3 Å². The second-order valence-corrected chi connectivity index (χ2v) is 12.8. The van der Waals surface area contributed by atoms with Crippen molar-refractivity contribution < 1.29 is 35.1 Å². The number of carbonyl (C=O) groups excluding carboxylic acids is 1. The summed E-state index contributed by atoms with van der Waals surface area (Å²) in [6.45, 7) is 3.86. The van der Waals surface area contributed by atoms with Gasteiger partial charge in [0, 0.05) is 23.9 Å². The minimum Gasteiger partial charge on any atom is -0.481 e. The van der Waals surface area contributed by atoms with Crippen LogP contribution >= 0.6 is 12.4 Å². The summed E-state index contributed by atoms with van der Waals surface area (Å²) in [6, 6.07) is 12.4. The van der Waals surface area contributed by atoms with Gasteiger partial charge in [-0.2, -0.15) is 4.98 Å². The number of nitrogens with one attached hydrogen (secondary N) is 1. The van der Waals surface area contributed by atoms with Crippen molar-refractivity contribution in [3.63, 3.8) is 0 Å². The molecule has 0 spiro atoms. The fourth-order valence-corrected chi connectivity index (χ4v) is 5.83. The van der Waals surface area contributed by atoms with Gasteiger partial charge in [-0.3, -0.25) is 9.52 Å². The van der Waals surface area contributed by atoms with E-state index >= 15 is 0 Å². The second-order valence-electron chi connectivity index (χ2n) is 9.63. The highest BCUT2D eigenvalue weighted by atomic mass is 35.5. The summed E-state index contributed by atoms with van der Waals surface area (Å²) in [6.07, 6.45) is 2.94. The minimum atomic E-state index is -4.32. The lowest BCUT2D eigenvalue weighted by molar-refractivity contribution is 0.103. The number of sulfonamides is 2. The van der Waals surface area contributed by atoms with E-state index in [4.69, 9.17) is 10.5 Å². The smallest absolute Gasteiger partial charge is 0.265 e. The van der Waals surface area contributed by atoms with Gasteiger partial charge in [-0.1, -0.05) is 24.3 Å². The molecule has 0 unspecified atom stereocenters. The molecule has 0 bridgehead atoms. The molecule has 3 heterocycles. The average Bonchev–Trinajstić information content (AvgIpc) is 3.38. The number of pyridine rings is 1. The van der Waals surface area contributed by atoms with Crippen LogP contribution in [0.15, 0.2) is 83.0 Å². The second kappa shape index (κ2) is 14.2. The number of nitrogens with zero attached hydrogens (tertiary/aromatic N) is 4. The van der Waals surface area contributed by atoms with Crippen LogP contribution in [0.4, 0.5) is 20.4 Å². The van der Waals surface area contributed by atoms with Crippen LogP contribution in [0.1, 0.15) is 35.8 Å². The van der Waals surface area contributed by atoms with E-state index in [2.05, 4.69) is 24.8 Å². The number of anilines is 2. The molecule has 244 valence electrons. The number of ether oxygens (including phenoxy) is 1. The SMILES string of the molecule is COc1cc(C(=O)c2cn(C(C)C)c3ncnc(N)c23)cc(NS(=O)(=O)c2ccccc2F)n1.Cl.NS(=O)(=O)c1ccccc1F. The molecule has 5 aromatic rings. The highest BCUT2D eigenvalue weighted by Crippen LogP contribution is 2.30. The number of aromatic nitrogens is 4. The number of ketones is 1. The Bertz CT molecular complexity index is 2130. The first kappa shape index (κ1) is 35.8. The van der Waals surface area contributed by atoms with E-state index in [-0.39, 0.29) is 47.1 Å². The molecule has 0 saturated heterocycles. The Balaban J connectivity index is 0.000000408.